The van der Waals surface area contributed by atoms with E-state index in [1.54, 1.807) is 13.0 Å². The molecule has 1 aromatic heterocycles. The number of carboxylic acid groups (broad SMARTS) is 1. The average molecular weight is 237 g/mol. The van der Waals surface area contributed by atoms with Crippen molar-refractivity contribution in [1.29, 1.82) is 0 Å². The summed E-state index contributed by atoms with van der Waals surface area (Å²) in [5.41, 5.74) is -0.441. The predicted octanol–water partition coefficient (Wildman–Crippen LogP) is 1.45. The van der Waals surface area contributed by atoms with Crippen molar-refractivity contribution in [3.63, 3.8) is 0 Å². The zero-order valence-electron chi connectivity index (χ0n) is 9.63. The maximum absolute atomic E-state index is 11.9. The third-order valence-electron chi connectivity index (χ3n) is 2.30. The fourth-order valence-electron chi connectivity index (χ4n) is 1.48. The van der Waals surface area contributed by atoms with Crippen molar-refractivity contribution in [2.45, 2.75) is 19.4 Å². The Hall–Kier alpha value is -2.04. The summed E-state index contributed by atoms with van der Waals surface area (Å²) in [6.45, 7) is 5.40. The highest BCUT2D eigenvalue weighted by atomic mass is 16.5. The van der Waals surface area contributed by atoms with E-state index >= 15 is 0 Å². The van der Waals surface area contributed by atoms with E-state index in [2.05, 4.69) is 6.58 Å². The van der Waals surface area contributed by atoms with Gasteiger partial charge in [0.2, 0.25) is 0 Å². The lowest BCUT2D eigenvalue weighted by molar-refractivity contribution is -0.141. The molecule has 92 valence electrons. The van der Waals surface area contributed by atoms with Crippen LogP contribution in [-0.4, -0.2) is 22.2 Å². The Labute approximate surface area is 99.0 Å². The molecule has 5 heteroatoms. The summed E-state index contributed by atoms with van der Waals surface area (Å²) < 4.78 is 6.32. The molecule has 0 saturated heterocycles. The van der Waals surface area contributed by atoms with Crippen molar-refractivity contribution in [3.8, 4) is 5.75 Å². The molecule has 0 aliphatic rings. The van der Waals surface area contributed by atoms with Gasteiger partial charge in [-0.2, -0.15) is 0 Å². The monoisotopic (exact) mass is 237 g/mol. The van der Waals surface area contributed by atoms with Gasteiger partial charge in [-0.3, -0.25) is 9.36 Å². The highest BCUT2D eigenvalue weighted by molar-refractivity contribution is 5.71. The Kier molecular flexibility index (Phi) is 4.51. The van der Waals surface area contributed by atoms with E-state index in [0.717, 1.165) is 0 Å². The summed E-state index contributed by atoms with van der Waals surface area (Å²) in [6, 6.07) is 2.23. The van der Waals surface area contributed by atoms with Crippen LogP contribution < -0.4 is 10.3 Å². The molecule has 0 aliphatic heterocycles. The summed E-state index contributed by atoms with van der Waals surface area (Å²) >= 11 is 0. The normalized spacial score (nSPS) is 11.8. The van der Waals surface area contributed by atoms with Crippen LogP contribution in [0.2, 0.25) is 0 Å². The molecule has 0 radical (unpaired) electrons. The molecule has 1 heterocycles. The molecule has 0 aliphatic carbocycles. The number of aromatic nitrogens is 1. The molecule has 1 unspecified atom stereocenters. The van der Waals surface area contributed by atoms with Crippen molar-refractivity contribution in [2.75, 3.05) is 6.61 Å². The minimum absolute atomic E-state index is 0.132. The van der Waals surface area contributed by atoms with E-state index in [9.17, 15) is 9.59 Å². The molecule has 0 fully saturated rings. The van der Waals surface area contributed by atoms with Gasteiger partial charge in [0.15, 0.2) is 5.75 Å². The number of hydrogen-bond donors (Lipinski definition) is 1. The Bertz CT molecular complexity index is 464. The van der Waals surface area contributed by atoms with Crippen LogP contribution in [-0.2, 0) is 4.79 Å². The van der Waals surface area contributed by atoms with Gasteiger partial charge in [-0.05, 0) is 18.6 Å². The van der Waals surface area contributed by atoms with Crippen molar-refractivity contribution < 1.29 is 14.6 Å². The van der Waals surface area contributed by atoms with E-state index in [1.807, 2.05) is 0 Å². The molecule has 5 nitrogen and oxygen atoms in total. The lowest BCUT2D eigenvalue weighted by Crippen LogP contribution is -2.29. The fourth-order valence-corrected chi connectivity index (χ4v) is 1.48. The molecule has 0 aromatic carbocycles. The second kappa shape index (κ2) is 5.89. The number of nitrogens with zero attached hydrogens (tertiary/aromatic N) is 1. The molecule has 17 heavy (non-hydrogen) atoms. The second-order valence-electron chi connectivity index (χ2n) is 3.45. The van der Waals surface area contributed by atoms with Crippen molar-refractivity contribution in [3.05, 3.63) is 41.3 Å². The Morgan fingerprint density at radius 1 is 1.71 bits per heavy atom. The fraction of sp³-hybridized carbons (Fsp3) is 0.333. The van der Waals surface area contributed by atoms with E-state index in [1.165, 1.54) is 22.9 Å². The zero-order chi connectivity index (χ0) is 12.8. The maximum Gasteiger partial charge on any atom is 0.326 e. The predicted molar refractivity (Wildman–Crippen MR) is 63.4 cm³/mol. The summed E-state index contributed by atoms with van der Waals surface area (Å²) in [5.74, 6) is -0.900. The maximum atomic E-state index is 11.9. The van der Waals surface area contributed by atoms with Crippen LogP contribution in [0.3, 0.4) is 0 Å². The van der Waals surface area contributed by atoms with Crippen LogP contribution in [0.15, 0.2) is 35.8 Å². The molecule has 0 amide bonds. The third-order valence-corrected chi connectivity index (χ3v) is 2.30. The standard InChI is InChI=1S/C12H15NO4/c1-3-8-17-10-6-5-7-13(11(10)14)9(4-2)12(15)16/h3,5-7,9H,1,4,8H2,2H3,(H,15,16). The Morgan fingerprint density at radius 2 is 2.41 bits per heavy atom. The molecule has 0 bridgehead atoms. The van der Waals surface area contributed by atoms with E-state index < -0.39 is 17.6 Å². The van der Waals surface area contributed by atoms with Crippen LogP contribution in [0, 0.1) is 0 Å². The summed E-state index contributed by atoms with van der Waals surface area (Å²) in [4.78, 5) is 22.9. The van der Waals surface area contributed by atoms with Gasteiger partial charge in [0.1, 0.15) is 12.6 Å². The molecule has 0 spiro atoms. The highest BCUT2D eigenvalue weighted by Crippen LogP contribution is 2.11. The zero-order valence-corrected chi connectivity index (χ0v) is 9.63. The number of rotatable bonds is 6. The van der Waals surface area contributed by atoms with Crippen LogP contribution in [0.1, 0.15) is 19.4 Å². The van der Waals surface area contributed by atoms with Crippen molar-refractivity contribution >= 4 is 5.97 Å². The van der Waals surface area contributed by atoms with Gasteiger partial charge in [-0.1, -0.05) is 19.6 Å². The molecular weight excluding hydrogens is 222 g/mol. The van der Waals surface area contributed by atoms with E-state index in [-0.39, 0.29) is 12.4 Å². The number of hydrogen-bond acceptors (Lipinski definition) is 3. The third kappa shape index (κ3) is 2.96. The lowest BCUT2D eigenvalue weighted by Gasteiger charge is -2.14. The van der Waals surface area contributed by atoms with Crippen molar-refractivity contribution in [1.82, 2.24) is 4.57 Å². The van der Waals surface area contributed by atoms with Gasteiger partial charge >= 0.3 is 5.97 Å². The van der Waals surface area contributed by atoms with Crippen molar-refractivity contribution in [2.24, 2.45) is 0 Å². The van der Waals surface area contributed by atoms with Gasteiger partial charge < -0.3 is 9.84 Å². The van der Waals surface area contributed by atoms with Crippen LogP contribution in [0.5, 0.6) is 5.75 Å². The van der Waals surface area contributed by atoms with Crippen LogP contribution >= 0.6 is 0 Å². The lowest BCUT2D eigenvalue weighted by atomic mass is 10.2. The number of ether oxygens (including phenoxy) is 1. The first-order valence-electron chi connectivity index (χ1n) is 5.29. The Morgan fingerprint density at radius 3 is 2.94 bits per heavy atom. The number of carboxylic acids is 1. The molecule has 1 rings (SSSR count). The van der Waals surface area contributed by atoms with E-state index in [0.29, 0.717) is 6.42 Å². The van der Waals surface area contributed by atoms with Crippen LogP contribution in [0.4, 0.5) is 0 Å². The summed E-state index contributed by atoms with van der Waals surface area (Å²) in [7, 11) is 0. The smallest absolute Gasteiger partial charge is 0.326 e. The number of pyridine rings is 1. The molecular formula is C12H15NO4. The minimum Gasteiger partial charge on any atom is -0.484 e. The van der Waals surface area contributed by atoms with Gasteiger partial charge in [-0.15, -0.1) is 0 Å². The topological polar surface area (TPSA) is 68.5 Å². The molecule has 1 N–H and O–H groups in total. The summed E-state index contributed by atoms with van der Waals surface area (Å²) in [6.07, 6.45) is 3.30. The highest BCUT2D eigenvalue weighted by Gasteiger charge is 2.19. The first-order valence-corrected chi connectivity index (χ1v) is 5.29. The molecule has 1 aromatic rings. The number of aliphatic carboxylic acids is 1. The van der Waals surface area contributed by atoms with E-state index in [4.69, 9.17) is 9.84 Å². The van der Waals surface area contributed by atoms with Gasteiger partial charge in [0.05, 0.1) is 0 Å². The van der Waals surface area contributed by atoms with Gasteiger partial charge in [0, 0.05) is 6.20 Å². The first kappa shape index (κ1) is 13.0. The van der Waals surface area contributed by atoms with Gasteiger partial charge in [0.25, 0.3) is 5.56 Å². The first-order chi connectivity index (χ1) is 8.11. The average Bonchev–Trinajstić information content (AvgIpc) is 2.30. The second-order valence-corrected chi connectivity index (χ2v) is 3.45. The molecule has 0 saturated carbocycles. The van der Waals surface area contributed by atoms with Crippen LogP contribution in [0.25, 0.3) is 0 Å². The SMILES string of the molecule is C=CCOc1cccn(C(CC)C(=O)O)c1=O. The quantitative estimate of drug-likeness (QED) is 0.760. The number of carbonyl (C=O) groups is 1. The molecule has 1 atom stereocenters. The summed E-state index contributed by atoms with van der Waals surface area (Å²) in [5, 5.41) is 9.00. The largest absolute Gasteiger partial charge is 0.484 e. The Balaban J connectivity index is 3.13. The van der Waals surface area contributed by atoms with Gasteiger partial charge in [-0.25, -0.2) is 4.79 Å². The minimum atomic E-state index is -1.03.